The third-order valence-corrected chi connectivity index (χ3v) is 4.46. The van der Waals surface area contributed by atoms with Gasteiger partial charge in [0, 0.05) is 12.1 Å². The van der Waals surface area contributed by atoms with Gasteiger partial charge in [0.25, 0.3) is 0 Å². The van der Waals surface area contributed by atoms with Gasteiger partial charge in [-0.15, -0.1) is 0 Å². The lowest BCUT2D eigenvalue weighted by molar-refractivity contribution is -0.380. The summed E-state index contributed by atoms with van der Waals surface area (Å²) in [5.74, 6) is 1.38. The Balaban J connectivity index is 1.89. The predicted molar refractivity (Wildman–Crippen MR) is 89.1 cm³/mol. The number of benzene rings is 1. The molecule has 2 aromatic heterocycles. The van der Waals surface area contributed by atoms with Crippen LogP contribution in [0.3, 0.4) is 0 Å². The van der Waals surface area contributed by atoms with Crippen molar-refractivity contribution in [2.75, 3.05) is 12.4 Å². The maximum Gasteiger partial charge on any atom is 0.326 e. The summed E-state index contributed by atoms with van der Waals surface area (Å²) < 4.78 is 5.15. The van der Waals surface area contributed by atoms with Crippen molar-refractivity contribution in [2.24, 2.45) is 0 Å². The van der Waals surface area contributed by atoms with E-state index in [2.05, 4.69) is 15.3 Å². The van der Waals surface area contributed by atoms with E-state index in [1.165, 1.54) is 12.4 Å². The van der Waals surface area contributed by atoms with Crippen molar-refractivity contribution in [1.29, 1.82) is 0 Å². The van der Waals surface area contributed by atoms with E-state index in [4.69, 9.17) is 4.74 Å². The van der Waals surface area contributed by atoms with Gasteiger partial charge in [-0.25, -0.2) is 9.97 Å². The van der Waals surface area contributed by atoms with E-state index in [0.717, 1.165) is 22.6 Å². The summed E-state index contributed by atoms with van der Waals surface area (Å²) in [4.78, 5) is 19.4. The van der Waals surface area contributed by atoms with Gasteiger partial charge in [-0.1, -0.05) is 12.1 Å². The van der Waals surface area contributed by atoms with Crippen LogP contribution in [-0.2, 0) is 0 Å². The summed E-state index contributed by atoms with van der Waals surface area (Å²) in [6.07, 6.45) is 1.41. The zero-order valence-corrected chi connectivity index (χ0v) is 13.3. The molecular weight excluding hydrogens is 316 g/mol. The maximum atomic E-state index is 10.9. The van der Waals surface area contributed by atoms with E-state index in [0.29, 0.717) is 16.0 Å². The second-order valence-electron chi connectivity index (χ2n) is 4.92. The molecule has 0 aliphatic heterocycles. The Morgan fingerprint density at radius 2 is 2.04 bits per heavy atom. The van der Waals surface area contributed by atoms with Crippen LogP contribution in [0.4, 0.5) is 10.8 Å². The molecule has 0 aliphatic rings. The summed E-state index contributed by atoms with van der Waals surface area (Å²) in [6.45, 7) is 2.00. The molecule has 0 fully saturated rings. The fraction of sp³-hybridized carbons (Fsp3) is 0.200. The summed E-state index contributed by atoms with van der Waals surface area (Å²) in [5.41, 5.74) is 1.06. The van der Waals surface area contributed by atoms with Crippen LogP contribution in [-0.4, -0.2) is 22.0 Å². The predicted octanol–water partition coefficient (Wildman–Crippen LogP) is 3.78. The molecule has 2 heterocycles. The highest BCUT2D eigenvalue weighted by Crippen LogP contribution is 2.34. The monoisotopic (exact) mass is 330 g/mol. The molecule has 23 heavy (non-hydrogen) atoms. The molecule has 1 unspecified atom stereocenters. The van der Waals surface area contributed by atoms with Crippen molar-refractivity contribution < 1.29 is 9.66 Å². The molecule has 118 valence electrons. The van der Waals surface area contributed by atoms with Gasteiger partial charge in [-0.05, 0) is 36.0 Å². The highest BCUT2D eigenvalue weighted by Gasteiger charge is 2.17. The van der Waals surface area contributed by atoms with E-state index in [1.54, 1.807) is 7.11 Å². The molecule has 0 bridgehead atoms. The molecule has 1 aromatic carbocycles. The van der Waals surface area contributed by atoms with Crippen molar-refractivity contribution in [3.05, 3.63) is 52.3 Å². The second kappa shape index (κ2) is 6.17. The number of aromatic nitrogens is 2. The van der Waals surface area contributed by atoms with Crippen molar-refractivity contribution in [3.63, 3.8) is 0 Å². The van der Waals surface area contributed by atoms with Gasteiger partial charge in [0.2, 0.25) is 0 Å². The highest BCUT2D eigenvalue weighted by atomic mass is 32.1. The number of ether oxygens (including phenoxy) is 1. The number of rotatable bonds is 5. The van der Waals surface area contributed by atoms with Gasteiger partial charge >= 0.3 is 5.00 Å². The molecule has 7 nitrogen and oxygen atoms in total. The Labute approximate surface area is 136 Å². The van der Waals surface area contributed by atoms with Gasteiger partial charge in [0.05, 0.1) is 17.4 Å². The van der Waals surface area contributed by atoms with Gasteiger partial charge in [0.15, 0.2) is 0 Å². The van der Waals surface area contributed by atoms with Gasteiger partial charge in [-0.3, -0.25) is 10.1 Å². The lowest BCUT2D eigenvalue weighted by Crippen LogP contribution is -2.08. The molecule has 1 N–H and O–H groups in total. The summed E-state index contributed by atoms with van der Waals surface area (Å²) in [5, 5.41) is 14.9. The van der Waals surface area contributed by atoms with E-state index in [1.807, 2.05) is 31.2 Å². The van der Waals surface area contributed by atoms with Crippen molar-refractivity contribution in [1.82, 2.24) is 9.97 Å². The average Bonchev–Trinajstić information content (AvgIpc) is 3.00. The first-order valence-corrected chi connectivity index (χ1v) is 7.69. The molecule has 8 heteroatoms. The number of thiophene rings is 1. The Kier molecular flexibility index (Phi) is 4.07. The zero-order chi connectivity index (χ0) is 16.4. The second-order valence-corrected chi connectivity index (χ2v) is 5.93. The van der Waals surface area contributed by atoms with Crippen LogP contribution in [0.25, 0.3) is 10.2 Å². The minimum absolute atomic E-state index is 0.0158. The Morgan fingerprint density at radius 3 is 2.70 bits per heavy atom. The number of hydrogen-bond acceptors (Lipinski definition) is 7. The molecule has 0 aliphatic carbocycles. The normalized spacial score (nSPS) is 12.1. The van der Waals surface area contributed by atoms with Crippen LogP contribution >= 0.6 is 11.3 Å². The largest absolute Gasteiger partial charge is 0.497 e. The van der Waals surface area contributed by atoms with Crippen LogP contribution in [0.15, 0.2) is 36.7 Å². The molecule has 3 aromatic rings. The third-order valence-electron chi connectivity index (χ3n) is 3.47. The SMILES string of the molecule is COc1ccc(C(C)Nc2ncnc3sc([N+](=O)[O-])cc23)cc1. The van der Waals surface area contributed by atoms with Crippen LogP contribution in [0, 0.1) is 10.1 Å². The molecule has 0 saturated carbocycles. The van der Waals surface area contributed by atoms with Gasteiger partial charge in [-0.2, -0.15) is 0 Å². The van der Waals surface area contributed by atoms with E-state index < -0.39 is 4.92 Å². The minimum atomic E-state index is -0.414. The third kappa shape index (κ3) is 3.07. The topological polar surface area (TPSA) is 90.2 Å². The fourth-order valence-electron chi connectivity index (χ4n) is 2.23. The summed E-state index contributed by atoms with van der Waals surface area (Å²) in [7, 11) is 1.62. The summed E-state index contributed by atoms with van der Waals surface area (Å²) >= 11 is 1.04. The number of nitrogens with zero attached hydrogens (tertiary/aromatic N) is 3. The first-order valence-electron chi connectivity index (χ1n) is 6.88. The zero-order valence-electron chi connectivity index (χ0n) is 12.5. The standard InChI is InChI=1S/C15H14N4O3S/c1-9(10-3-5-11(22-2)6-4-10)18-14-12-7-13(19(20)21)23-15(12)17-8-16-14/h3-9H,1-2H3,(H,16,17,18). The van der Waals surface area contributed by atoms with E-state index in [-0.39, 0.29) is 11.0 Å². The Bertz CT molecular complexity index is 848. The maximum absolute atomic E-state index is 10.9. The molecule has 0 amide bonds. The lowest BCUT2D eigenvalue weighted by atomic mass is 10.1. The number of fused-ring (bicyclic) bond motifs is 1. The van der Waals surface area contributed by atoms with Crippen molar-refractivity contribution in [3.8, 4) is 5.75 Å². The molecular formula is C15H14N4O3S. The highest BCUT2D eigenvalue weighted by molar-refractivity contribution is 7.21. The smallest absolute Gasteiger partial charge is 0.326 e. The first kappa shape index (κ1) is 15.2. The quantitative estimate of drug-likeness (QED) is 0.565. The van der Waals surface area contributed by atoms with Crippen molar-refractivity contribution in [2.45, 2.75) is 13.0 Å². The number of anilines is 1. The Morgan fingerprint density at radius 1 is 1.30 bits per heavy atom. The van der Waals surface area contributed by atoms with Crippen LogP contribution in [0.1, 0.15) is 18.5 Å². The lowest BCUT2D eigenvalue weighted by Gasteiger charge is -2.15. The fourth-order valence-corrected chi connectivity index (χ4v) is 3.04. The molecule has 0 spiro atoms. The number of methoxy groups -OCH3 is 1. The minimum Gasteiger partial charge on any atom is -0.497 e. The number of nitrogens with one attached hydrogen (secondary N) is 1. The van der Waals surface area contributed by atoms with Crippen LogP contribution in [0.5, 0.6) is 5.75 Å². The molecule has 1 atom stereocenters. The first-order chi connectivity index (χ1) is 11.1. The Hall–Kier alpha value is -2.74. The van der Waals surface area contributed by atoms with E-state index >= 15 is 0 Å². The van der Waals surface area contributed by atoms with E-state index in [9.17, 15) is 10.1 Å². The number of hydrogen-bond donors (Lipinski definition) is 1. The average molecular weight is 330 g/mol. The number of nitro groups is 1. The molecule has 0 saturated heterocycles. The van der Waals surface area contributed by atoms with Gasteiger partial charge in [0.1, 0.15) is 22.7 Å². The molecule has 3 rings (SSSR count). The van der Waals surface area contributed by atoms with Crippen LogP contribution < -0.4 is 10.1 Å². The van der Waals surface area contributed by atoms with Crippen LogP contribution in [0.2, 0.25) is 0 Å². The summed E-state index contributed by atoms with van der Waals surface area (Å²) in [6, 6.07) is 9.19. The van der Waals surface area contributed by atoms with Gasteiger partial charge < -0.3 is 10.1 Å². The molecule has 0 radical (unpaired) electrons. The van der Waals surface area contributed by atoms with Crippen molar-refractivity contribution >= 4 is 32.4 Å².